The van der Waals surface area contributed by atoms with E-state index in [2.05, 4.69) is 16.5 Å². The number of anilines is 1. The monoisotopic (exact) mass is 338 g/mol. The van der Waals surface area contributed by atoms with Crippen molar-refractivity contribution in [3.63, 3.8) is 0 Å². The second-order valence-electron chi connectivity index (χ2n) is 5.50. The Labute approximate surface area is 145 Å². The van der Waals surface area contributed by atoms with Gasteiger partial charge in [0.05, 0.1) is 30.3 Å². The average molecular weight is 338 g/mol. The molecule has 1 fully saturated rings. The number of fused-ring (bicyclic) bond motifs is 1. The van der Waals surface area contributed by atoms with Gasteiger partial charge in [-0.05, 0) is 12.1 Å². The number of hydrogen-bond acceptors (Lipinski definition) is 7. The third-order valence-electron chi connectivity index (χ3n) is 3.87. The maximum atomic E-state index is 12.3. The van der Waals surface area contributed by atoms with Crippen LogP contribution in [0, 0.1) is 11.3 Å². The van der Waals surface area contributed by atoms with E-state index in [1.165, 1.54) is 6.08 Å². The van der Waals surface area contributed by atoms with Crippen molar-refractivity contribution in [1.82, 2.24) is 9.97 Å². The second-order valence-corrected chi connectivity index (χ2v) is 5.50. The van der Waals surface area contributed by atoms with Crippen molar-refractivity contribution in [2.24, 2.45) is 0 Å². The van der Waals surface area contributed by atoms with Crippen molar-refractivity contribution in [2.45, 2.75) is 5.92 Å². The highest BCUT2D eigenvalue weighted by atomic mass is 16.5. The largest absolute Gasteiger partial charge is 0.460 e. The van der Waals surface area contributed by atoms with E-state index in [1.54, 1.807) is 6.07 Å². The first-order valence-electron chi connectivity index (χ1n) is 8.01. The van der Waals surface area contributed by atoms with Crippen molar-refractivity contribution < 1.29 is 14.3 Å². The predicted molar refractivity (Wildman–Crippen MR) is 92.1 cm³/mol. The Morgan fingerprint density at radius 1 is 1.36 bits per heavy atom. The van der Waals surface area contributed by atoms with Crippen LogP contribution in [0.2, 0.25) is 0 Å². The zero-order chi connectivity index (χ0) is 17.6. The third kappa shape index (κ3) is 3.59. The van der Waals surface area contributed by atoms with Crippen molar-refractivity contribution in [3.8, 4) is 6.07 Å². The molecule has 0 bridgehead atoms. The fourth-order valence-electron chi connectivity index (χ4n) is 2.66. The van der Waals surface area contributed by atoms with Crippen LogP contribution in [-0.2, 0) is 14.3 Å². The number of carbonyl (C=O) groups is 1. The zero-order valence-electron chi connectivity index (χ0n) is 13.7. The average Bonchev–Trinajstić information content (AvgIpc) is 2.67. The summed E-state index contributed by atoms with van der Waals surface area (Å²) in [6.07, 6.45) is 1.46. The summed E-state index contributed by atoms with van der Waals surface area (Å²) in [6, 6.07) is 9.38. The minimum atomic E-state index is -1.14. The number of ether oxygens (including phenoxy) is 2. The van der Waals surface area contributed by atoms with Gasteiger partial charge in [-0.15, -0.1) is 0 Å². The number of para-hydroxylation sites is 2. The molecule has 0 aliphatic carbocycles. The molecule has 1 atom stereocenters. The lowest BCUT2D eigenvalue weighted by Gasteiger charge is -2.29. The van der Waals surface area contributed by atoms with Crippen LogP contribution < -0.4 is 4.90 Å². The molecule has 0 amide bonds. The predicted octanol–water partition coefficient (Wildman–Crippen LogP) is 1.80. The molecular formula is C18H18N4O3. The summed E-state index contributed by atoms with van der Waals surface area (Å²) in [4.78, 5) is 23.5. The Kier molecular flexibility index (Phi) is 5.21. The number of morpholine rings is 1. The minimum absolute atomic E-state index is 0.0465. The number of aromatic nitrogens is 2. The lowest BCUT2D eigenvalue weighted by molar-refractivity contribution is -0.142. The van der Waals surface area contributed by atoms with E-state index in [0.717, 1.165) is 0 Å². The highest BCUT2D eigenvalue weighted by Crippen LogP contribution is 2.28. The molecule has 0 radical (unpaired) electrons. The fourth-order valence-corrected chi connectivity index (χ4v) is 2.66. The molecule has 1 aliphatic heterocycles. The van der Waals surface area contributed by atoms with Crippen molar-refractivity contribution >= 4 is 22.8 Å². The Morgan fingerprint density at radius 3 is 2.68 bits per heavy atom. The normalized spacial score (nSPS) is 15.4. The Balaban J connectivity index is 2.08. The Morgan fingerprint density at radius 2 is 2.04 bits per heavy atom. The number of hydrogen-bond donors (Lipinski definition) is 0. The molecule has 2 heterocycles. The van der Waals surface area contributed by atoms with Gasteiger partial charge in [-0.25, -0.2) is 9.97 Å². The second kappa shape index (κ2) is 7.73. The van der Waals surface area contributed by atoms with E-state index in [-0.39, 0.29) is 6.61 Å². The Bertz CT molecular complexity index is 825. The third-order valence-corrected chi connectivity index (χ3v) is 3.87. The highest BCUT2D eigenvalue weighted by Gasteiger charge is 2.30. The first kappa shape index (κ1) is 16.9. The number of nitrogens with zero attached hydrogens (tertiary/aromatic N) is 4. The summed E-state index contributed by atoms with van der Waals surface area (Å²) in [5, 5.41) is 9.56. The highest BCUT2D eigenvalue weighted by molar-refractivity contribution is 5.85. The maximum absolute atomic E-state index is 12.3. The standard InChI is InChI=1S/C18H18N4O3/c1-2-9-25-18(23)13(12-19)16-17(22-7-10-24-11-8-22)21-15-6-4-3-5-14(15)20-16/h2-6,13H,1,7-11H2/t13-/m1/s1. The zero-order valence-corrected chi connectivity index (χ0v) is 13.7. The molecule has 0 spiro atoms. The summed E-state index contributed by atoms with van der Waals surface area (Å²) in [5.74, 6) is -1.26. The number of carbonyl (C=O) groups excluding carboxylic acids is 1. The maximum Gasteiger partial charge on any atom is 0.330 e. The molecule has 2 aromatic rings. The van der Waals surface area contributed by atoms with Crippen molar-refractivity contribution in [3.05, 3.63) is 42.6 Å². The first-order valence-corrected chi connectivity index (χ1v) is 8.01. The van der Waals surface area contributed by atoms with Crippen molar-refractivity contribution in [1.29, 1.82) is 5.26 Å². The van der Waals surface area contributed by atoms with Crippen LogP contribution in [0.5, 0.6) is 0 Å². The fraction of sp³-hybridized carbons (Fsp3) is 0.333. The van der Waals surface area contributed by atoms with Gasteiger partial charge in [0.15, 0.2) is 11.7 Å². The molecule has 7 heteroatoms. The number of benzene rings is 1. The van der Waals surface area contributed by atoms with Crippen LogP contribution in [0.25, 0.3) is 11.0 Å². The van der Waals surface area contributed by atoms with Crippen LogP contribution >= 0.6 is 0 Å². The van der Waals surface area contributed by atoms with E-state index in [9.17, 15) is 10.1 Å². The molecule has 25 heavy (non-hydrogen) atoms. The topological polar surface area (TPSA) is 88.3 Å². The van der Waals surface area contributed by atoms with Crippen LogP contribution in [0.15, 0.2) is 36.9 Å². The molecule has 1 aromatic carbocycles. The number of rotatable bonds is 5. The van der Waals surface area contributed by atoms with Gasteiger partial charge in [0, 0.05) is 13.1 Å². The molecule has 1 aliphatic rings. The summed E-state index contributed by atoms with van der Waals surface area (Å²) in [7, 11) is 0. The van der Waals surface area contributed by atoms with Gasteiger partial charge in [-0.2, -0.15) is 5.26 Å². The molecule has 128 valence electrons. The summed E-state index contributed by atoms with van der Waals surface area (Å²) >= 11 is 0. The SMILES string of the molecule is C=CCOC(=O)[C@H](C#N)c1nc2ccccc2nc1N1CCOCC1. The van der Waals surface area contributed by atoms with Crippen LogP contribution in [0.4, 0.5) is 5.82 Å². The molecule has 7 nitrogen and oxygen atoms in total. The van der Waals surface area contributed by atoms with Crippen LogP contribution in [0.3, 0.4) is 0 Å². The molecule has 1 aromatic heterocycles. The van der Waals surface area contributed by atoms with Gasteiger partial charge in [-0.3, -0.25) is 4.79 Å². The molecule has 0 saturated carbocycles. The van der Waals surface area contributed by atoms with Gasteiger partial charge in [0.25, 0.3) is 0 Å². The van der Waals surface area contributed by atoms with E-state index in [4.69, 9.17) is 9.47 Å². The Hall–Kier alpha value is -2.98. The quantitative estimate of drug-likeness (QED) is 0.607. The van der Waals surface area contributed by atoms with Gasteiger partial charge >= 0.3 is 5.97 Å². The summed E-state index contributed by atoms with van der Waals surface area (Å²) in [5.41, 5.74) is 1.66. The van der Waals surface area contributed by atoms with E-state index >= 15 is 0 Å². The number of nitriles is 1. The van der Waals surface area contributed by atoms with Crippen LogP contribution in [-0.4, -0.2) is 48.8 Å². The van der Waals surface area contributed by atoms with Crippen molar-refractivity contribution in [2.75, 3.05) is 37.8 Å². The minimum Gasteiger partial charge on any atom is -0.460 e. The smallest absolute Gasteiger partial charge is 0.330 e. The van der Waals surface area contributed by atoms with E-state index < -0.39 is 11.9 Å². The number of esters is 1. The molecule has 3 rings (SSSR count). The summed E-state index contributed by atoms with van der Waals surface area (Å²) in [6.45, 7) is 5.93. The molecule has 0 N–H and O–H groups in total. The van der Waals surface area contributed by atoms with Crippen LogP contribution in [0.1, 0.15) is 11.6 Å². The van der Waals surface area contributed by atoms with E-state index in [1.807, 2.05) is 29.2 Å². The van der Waals surface area contributed by atoms with Gasteiger partial charge in [-0.1, -0.05) is 24.8 Å². The van der Waals surface area contributed by atoms with Gasteiger partial charge < -0.3 is 14.4 Å². The molecule has 0 unspecified atom stereocenters. The molecular weight excluding hydrogens is 320 g/mol. The van der Waals surface area contributed by atoms with Gasteiger partial charge in [0.2, 0.25) is 0 Å². The lowest BCUT2D eigenvalue weighted by atomic mass is 10.1. The lowest BCUT2D eigenvalue weighted by Crippen LogP contribution is -2.38. The van der Waals surface area contributed by atoms with E-state index in [0.29, 0.717) is 48.8 Å². The summed E-state index contributed by atoms with van der Waals surface area (Å²) < 4.78 is 10.4. The first-order chi connectivity index (χ1) is 12.2. The van der Waals surface area contributed by atoms with Gasteiger partial charge in [0.1, 0.15) is 12.3 Å². The molecule has 1 saturated heterocycles.